The summed E-state index contributed by atoms with van der Waals surface area (Å²) < 4.78 is 66.6. The number of rotatable bonds is 11. The van der Waals surface area contributed by atoms with Crippen LogP contribution in [0, 0.1) is 25.0 Å². The molecule has 15 aromatic rings. The van der Waals surface area contributed by atoms with Gasteiger partial charge in [-0.3, -0.25) is 9.55 Å². The molecular weight excluding hydrogens is 1080 g/mol. The minimum atomic E-state index is -2.60. The molecular formula is C80H54N6O2. The van der Waals surface area contributed by atoms with Gasteiger partial charge in [-0.05, 0) is 172 Å². The van der Waals surface area contributed by atoms with Crippen molar-refractivity contribution >= 4 is 66.5 Å². The molecule has 0 spiro atoms. The Kier molecular flexibility index (Phi) is 11.1. The standard InChI is InChI=1S/C80H54N6O2/c1-51-34-36-83-76(38-51)86-73-29-16-15-26-69(73)70-31-30-65(48-75(70)86)87-66-40-53(49-81)39-64(47-66)84-50-85(78-74(84)33-32-71-72-35-37-82-52(2)79(72)88-80(71)78)77-67(62-43-58(54-18-7-3-8-19-54)41-59(44-62)55-20-9-4-10-21-55)27-17-28-68(77)63-45-60(56-22-11-5-12-23-56)42-61(46-63)57-24-13-6-14-25-57/h3-48H,50H2,1-2H3/i1D3,2D3. The van der Waals surface area contributed by atoms with E-state index in [-0.39, 0.29) is 23.5 Å². The fraction of sp³-hybridized carbons (Fsp3) is 0.0375. The van der Waals surface area contributed by atoms with E-state index < -0.39 is 13.7 Å². The number of aromatic nitrogens is 3. The Hall–Kier alpha value is -11.8. The predicted molar refractivity (Wildman–Crippen MR) is 359 cm³/mol. The third-order valence-electron chi connectivity index (χ3n) is 16.8. The maximum Gasteiger partial charge on any atom is 0.161 e. The predicted octanol–water partition coefficient (Wildman–Crippen LogP) is 21.0. The first-order valence-corrected chi connectivity index (χ1v) is 29.1. The van der Waals surface area contributed by atoms with Gasteiger partial charge in [-0.25, -0.2) is 4.98 Å². The van der Waals surface area contributed by atoms with E-state index in [9.17, 15) is 5.26 Å². The highest BCUT2D eigenvalue weighted by Gasteiger charge is 2.36. The molecule has 0 saturated carbocycles. The van der Waals surface area contributed by atoms with E-state index in [1.807, 2.05) is 95.6 Å². The average Bonchev–Trinajstić information content (AvgIpc) is 1.56. The lowest BCUT2D eigenvalue weighted by Crippen LogP contribution is -2.25. The van der Waals surface area contributed by atoms with Crippen LogP contribution in [-0.4, -0.2) is 21.2 Å². The quantitative estimate of drug-likeness (QED) is 0.128. The minimum absolute atomic E-state index is 0.141. The van der Waals surface area contributed by atoms with Crippen molar-refractivity contribution in [2.75, 3.05) is 16.5 Å². The number of ether oxygens (including phenoxy) is 1. The second kappa shape index (κ2) is 21.4. The van der Waals surface area contributed by atoms with Gasteiger partial charge in [0.15, 0.2) is 11.2 Å². The van der Waals surface area contributed by atoms with Crippen LogP contribution in [0.15, 0.2) is 284 Å². The van der Waals surface area contributed by atoms with Crippen LogP contribution < -0.4 is 14.5 Å². The van der Waals surface area contributed by atoms with E-state index in [0.717, 1.165) is 99.9 Å². The number of anilines is 4. The highest BCUT2D eigenvalue weighted by atomic mass is 16.5. The van der Waals surface area contributed by atoms with Gasteiger partial charge >= 0.3 is 0 Å². The molecule has 0 unspecified atom stereocenters. The zero-order chi connectivity index (χ0) is 63.8. The van der Waals surface area contributed by atoms with E-state index in [4.69, 9.17) is 17.4 Å². The number of para-hydroxylation sites is 2. The lowest BCUT2D eigenvalue weighted by Gasteiger charge is -2.28. The molecule has 88 heavy (non-hydrogen) atoms. The molecule has 0 radical (unpaired) electrons. The molecule has 0 N–H and O–H groups in total. The fourth-order valence-corrected chi connectivity index (χ4v) is 12.8. The monoisotopic (exact) mass is 1140 g/mol. The minimum Gasteiger partial charge on any atom is -0.457 e. The van der Waals surface area contributed by atoms with Gasteiger partial charge in [0.25, 0.3) is 0 Å². The van der Waals surface area contributed by atoms with Crippen LogP contribution in [0.3, 0.4) is 0 Å². The first kappa shape index (κ1) is 45.6. The van der Waals surface area contributed by atoms with Gasteiger partial charge in [0.05, 0.1) is 39.7 Å². The van der Waals surface area contributed by atoms with Gasteiger partial charge in [0, 0.05) is 71.1 Å². The maximum absolute atomic E-state index is 11.0. The van der Waals surface area contributed by atoms with Gasteiger partial charge in [-0.15, -0.1) is 0 Å². The van der Waals surface area contributed by atoms with E-state index >= 15 is 0 Å². The number of aryl methyl sites for hydroxylation is 2. The van der Waals surface area contributed by atoms with Crippen LogP contribution >= 0.6 is 0 Å². The van der Waals surface area contributed by atoms with Crippen molar-refractivity contribution in [2.24, 2.45) is 0 Å². The number of benzene rings is 11. The third-order valence-corrected chi connectivity index (χ3v) is 16.8. The molecule has 416 valence electrons. The Bertz CT molecular complexity index is 5250. The van der Waals surface area contributed by atoms with Crippen LogP contribution in [-0.2, 0) is 0 Å². The second-order valence-corrected chi connectivity index (χ2v) is 22.1. The molecule has 0 aliphatic carbocycles. The number of furan rings is 1. The Morgan fingerprint density at radius 3 is 1.61 bits per heavy atom. The second-order valence-electron chi connectivity index (χ2n) is 22.1. The number of hydrogen-bond acceptors (Lipinski definition) is 7. The number of nitriles is 1. The van der Waals surface area contributed by atoms with Crippen molar-refractivity contribution in [3.05, 3.63) is 296 Å². The summed E-state index contributed by atoms with van der Waals surface area (Å²) >= 11 is 0. The first-order chi connectivity index (χ1) is 45.8. The Morgan fingerprint density at radius 1 is 0.432 bits per heavy atom. The zero-order valence-electron chi connectivity index (χ0n) is 53.3. The number of nitrogens with zero attached hydrogens (tertiary/aromatic N) is 6. The molecule has 0 atom stereocenters. The van der Waals surface area contributed by atoms with Gasteiger partial charge in [0.1, 0.15) is 29.7 Å². The molecule has 1 aliphatic heterocycles. The topological polar surface area (TPSA) is 83.4 Å². The molecule has 5 heterocycles. The molecule has 8 nitrogen and oxygen atoms in total. The van der Waals surface area contributed by atoms with E-state index in [2.05, 4.69) is 177 Å². The SMILES string of the molecule is [2H]C([2H])([2H])c1ccnc(-n2c3ccccc3c3ccc(Oc4cc(C#N)cc(N5CN(c6c(-c7cc(-c8ccccc8)cc(-c8ccccc8)c7)cccc6-c6cc(-c7ccccc7)cc(-c7ccccc7)c6)c6c5ccc5c6oc6c(C([2H])([2H])[2H])nccc65)c4)cc32)c1. The summed E-state index contributed by atoms with van der Waals surface area (Å²) in [6, 6.07) is 92.2. The summed E-state index contributed by atoms with van der Waals surface area (Å²) in [5.74, 6) is 1.29. The van der Waals surface area contributed by atoms with Crippen LogP contribution in [0.1, 0.15) is 25.0 Å². The van der Waals surface area contributed by atoms with Crippen LogP contribution in [0.2, 0.25) is 0 Å². The lowest BCUT2D eigenvalue weighted by atomic mass is 9.88. The summed E-state index contributed by atoms with van der Waals surface area (Å²) in [5.41, 5.74) is 17.5. The Morgan fingerprint density at radius 2 is 1.00 bits per heavy atom. The molecule has 8 heteroatoms. The summed E-state index contributed by atoms with van der Waals surface area (Å²) in [6.45, 7) is -4.77. The molecule has 0 saturated heterocycles. The summed E-state index contributed by atoms with van der Waals surface area (Å²) in [4.78, 5) is 13.5. The maximum atomic E-state index is 11.0. The van der Waals surface area contributed by atoms with Crippen molar-refractivity contribution in [3.63, 3.8) is 0 Å². The fourth-order valence-electron chi connectivity index (χ4n) is 12.8. The van der Waals surface area contributed by atoms with E-state index in [0.29, 0.717) is 50.6 Å². The smallest absolute Gasteiger partial charge is 0.161 e. The number of pyridine rings is 2. The van der Waals surface area contributed by atoms with Crippen molar-refractivity contribution in [3.8, 4) is 90.1 Å². The summed E-state index contributed by atoms with van der Waals surface area (Å²) in [6.07, 6.45) is 3.05. The largest absolute Gasteiger partial charge is 0.457 e. The number of fused-ring (bicyclic) bond motifs is 8. The Labute approximate surface area is 517 Å². The summed E-state index contributed by atoms with van der Waals surface area (Å²) in [5, 5.41) is 14.2. The first-order valence-electron chi connectivity index (χ1n) is 32.1. The average molecular weight is 1140 g/mol. The molecule has 11 aromatic carbocycles. The molecule has 0 fully saturated rings. The highest BCUT2D eigenvalue weighted by Crippen LogP contribution is 2.55. The zero-order valence-corrected chi connectivity index (χ0v) is 47.3. The van der Waals surface area contributed by atoms with Crippen molar-refractivity contribution in [1.82, 2.24) is 14.5 Å². The molecule has 16 rings (SSSR count). The van der Waals surface area contributed by atoms with Gasteiger partial charge in [-0.1, -0.05) is 158 Å². The highest BCUT2D eigenvalue weighted by molar-refractivity contribution is 6.16. The van der Waals surface area contributed by atoms with E-state index in [1.165, 1.54) is 18.5 Å². The van der Waals surface area contributed by atoms with Gasteiger partial charge in [0.2, 0.25) is 0 Å². The molecule has 4 aromatic heterocycles. The van der Waals surface area contributed by atoms with Crippen LogP contribution in [0.5, 0.6) is 11.5 Å². The summed E-state index contributed by atoms with van der Waals surface area (Å²) in [7, 11) is 0. The van der Waals surface area contributed by atoms with Gasteiger partial charge in [-0.2, -0.15) is 5.26 Å². The third kappa shape index (κ3) is 9.09. The van der Waals surface area contributed by atoms with Crippen LogP contribution in [0.25, 0.3) is 116 Å². The normalized spacial score (nSPS) is 13.4. The van der Waals surface area contributed by atoms with E-state index in [1.54, 1.807) is 18.2 Å². The van der Waals surface area contributed by atoms with Gasteiger partial charge < -0.3 is 19.0 Å². The number of hydrogen-bond donors (Lipinski definition) is 0. The van der Waals surface area contributed by atoms with Crippen molar-refractivity contribution in [1.29, 1.82) is 5.26 Å². The lowest BCUT2D eigenvalue weighted by molar-refractivity contribution is 0.483. The molecule has 0 bridgehead atoms. The molecule has 1 aliphatic rings. The van der Waals surface area contributed by atoms with Crippen molar-refractivity contribution < 1.29 is 17.4 Å². The Balaban J connectivity index is 0.931. The molecule has 0 amide bonds. The van der Waals surface area contributed by atoms with Crippen molar-refractivity contribution in [2.45, 2.75) is 13.7 Å². The van der Waals surface area contributed by atoms with Crippen LogP contribution in [0.4, 0.5) is 22.7 Å².